The highest BCUT2D eigenvalue weighted by Gasteiger charge is 2.36. The van der Waals surface area contributed by atoms with Crippen LogP contribution < -0.4 is 5.32 Å². The van der Waals surface area contributed by atoms with E-state index < -0.39 is 0 Å². The second kappa shape index (κ2) is 9.77. The Morgan fingerprint density at radius 2 is 2.08 bits per heavy atom. The van der Waals surface area contributed by atoms with Gasteiger partial charge in [0.05, 0.1) is 17.3 Å². The van der Waals surface area contributed by atoms with Gasteiger partial charge in [-0.05, 0) is 68.8 Å². The van der Waals surface area contributed by atoms with Crippen LogP contribution in [0.5, 0.6) is 0 Å². The number of nitrogens with one attached hydrogen (secondary N) is 1. The summed E-state index contributed by atoms with van der Waals surface area (Å²) < 4.78 is 7.62. The lowest BCUT2D eigenvalue weighted by Crippen LogP contribution is -2.41. The van der Waals surface area contributed by atoms with Crippen LogP contribution in [0, 0.1) is 6.92 Å². The summed E-state index contributed by atoms with van der Waals surface area (Å²) in [5.41, 5.74) is 6.80. The molecule has 5 rings (SSSR count). The van der Waals surface area contributed by atoms with Crippen molar-refractivity contribution in [3.63, 3.8) is 0 Å². The van der Waals surface area contributed by atoms with Gasteiger partial charge in [-0.15, -0.1) is 10.2 Å². The number of pyridine rings is 2. The molecule has 0 saturated carbocycles. The number of hydrogen-bond acceptors (Lipinski definition) is 7. The molecule has 1 unspecified atom stereocenters. The number of nitrogens with zero attached hydrogens (tertiary/aromatic N) is 6. The fraction of sp³-hybridized carbons (Fsp3) is 0.296. The van der Waals surface area contributed by atoms with Gasteiger partial charge < -0.3 is 14.6 Å². The molecule has 4 aromatic heterocycles. The van der Waals surface area contributed by atoms with Crippen molar-refractivity contribution in [3.05, 3.63) is 89.0 Å². The van der Waals surface area contributed by atoms with Crippen molar-refractivity contribution >= 4 is 11.4 Å². The van der Waals surface area contributed by atoms with Gasteiger partial charge in [-0.1, -0.05) is 24.6 Å². The van der Waals surface area contributed by atoms with Crippen molar-refractivity contribution in [3.8, 4) is 11.6 Å². The van der Waals surface area contributed by atoms with Gasteiger partial charge in [0, 0.05) is 31.1 Å². The van der Waals surface area contributed by atoms with E-state index in [9.17, 15) is 4.79 Å². The van der Waals surface area contributed by atoms with E-state index in [4.69, 9.17) is 9.52 Å². The van der Waals surface area contributed by atoms with E-state index in [0.717, 1.165) is 34.5 Å². The topological polar surface area (TPSA) is 101 Å². The number of amides is 1. The van der Waals surface area contributed by atoms with E-state index in [1.54, 1.807) is 23.2 Å². The summed E-state index contributed by atoms with van der Waals surface area (Å²) in [6.45, 7) is 8.80. The molecular formula is C27H29N7O2. The van der Waals surface area contributed by atoms with Gasteiger partial charge in [0.15, 0.2) is 0 Å². The highest BCUT2D eigenvalue weighted by Crippen LogP contribution is 2.36. The average molecular weight is 484 g/mol. The van der Waals surface area contributed by atoms with Crippen LogP contribution in [-0.2, 0) is 0 Å². The molecule has 0 aliphatic carbocycles. The zero-order valence-electron chi connectivity index (χ0n) is 20.9. The molecule has 0 spiro atoms. The first kappa shape index (κ1) is 23.5. The molecular weight excluding hydrogens is 454 g/mol. The standard InChI is InChI=1S/C27H29N7O2/c1-5-17(2)16-29-20-11-14-33(27(35)26-31-30-25(36-26)21-10-6-7-12-28-21)24(19(20)4)22-15-23-18(3)9-8-13-34(23)32-22/h6-10,12-13,15-16,24,29H,5,11,14H2,1-4H3. The molecule has 0 radical (unpaired) electrons. The number of carbonyl (C=O) groups excluding carboxylic acids is 1. The Morgan fingerprint density at radius 1 is 1.22 bits per heavy atom. The number of allylic oxidation sites excluding steroid dienone is 1. The molecule has 36 heavy (non-hydrogen) atoms. The first-order valence-electron chi connectivity index (χ1n) is 12.1. The van der Waals surface area contributed by atoms with Gasteiger partial charge in [0.2, 0.25) is 0 Å². The summed E-state index contributed by atoms with van der Waals surface area (Å²) in [7, 11) is 0. The van der Waals surface area contributed by atoms with E-state index >= 15 is 0 Å². The van der Waals surface area contributed by atoms with E-state index in [2.05, 4.69) is 47.3 Å². The molecule has 1 atom stereocenters. The maximum Gasteiger partial charge on any atom is 0.312 e. The van der Waals surface area contributed by atoms with Gasteiger partial charge in [0.1, 0.15) is 5.69 Å². The molecule has 0 aromatic carbocycles. The van der Waals surface area contributed by atoms with Crippen LogP contribution in [0.15, 0.2) is 76.3 Å². The van der Waals surface area contributed by atoms with Crippen molar-refractivity contribution < 1.29 is 9.21 Å². The minimum absolute atomic E-state index is 0.0634. The molecule has 1 N–H and O–H groups in total. The predicted molar refractivity (Wildman–Crippen MR) is 136 cm³/mol. The Bertz CT molecular complexity index is 1470. The van der Waals surface area contributed by atoms with Crippen molar-refractivity contribution in [1.29, 1.82) is 0 Å². The third kappa shape index (κ3) is 4.39. The van der Waals surface area contributed by atoms with E-state index in [0.29, 0.717) is 18.7 Å². The van der Waals surface area contributed by atoms with Gasteiger partial charge in [-0.2, -0.15) is 5.10 Å². The Hall–Kier alpha value is -4.27. The average Bonchev–Trinajstić information content (AvgIpc) is 3.56. The molecule has 4 aromatic rings. The Kier molecular flexibility index (Phi) is 6.37. The molecule has 9 nitrogen and oxygen atoms in total. The third-order valence-corrected chi connectivity index (χ3v) is 6.62. The molecule has 5 heterocycles. The maximum absolute atomic E-state index is 13.7. The minimum Gasteiger partial charge on any atom is -0.411 e. The Labute approximate surface area is 209 Å². The van der Waals surface area contributed by atoms with Crippen LogP contribution in [-0.4, -0.2) is 42.1 Å². The Balaban J connectivity index is 1.54. The fourth-order valence-corrected chi connectivity index (χ4v) is 4.39. The number of hydrogen-bond donors (Lipinski definition) is 1. The van der Waals surface area contributed by atoms with Crippen LogP contribution in [0.1, 0.15) is 61.6 Å². The van der Waals surface area contributed by atoms with Crippen LogP contribution >= 0.6 is 0 Å². The largest absolute Gasteiger partial charge is 0.411 e. The first-order chi connectivity index (χ1) is 17.5. The number of fused-ring (bicyclic) bond motifs is 1. The normalized spacial score (nSPS) is 16.6. The molecule has 9 heteroatoms. The second-order valence-electron chi connectivity index (χ2n) is 9.02. The third-order valence-electron chi connectivity index (χ3n) is 6.62. The molecule has 0 bridgehead atoms. The van der Waals surface area contributed by atoms with Gasteiger partial charge >= 0.3 is 11.8 Å². The fourth-order valence-electron chi connectivity index (χ4n) is 4.39. The minimum atomic E-state index is -0.381. The Morgan fingerprint density at radius 3 is 2.83 bits per heavy atom. The highest BCUT2D eigenvalue weighted by atomic mass is 16.4. The number of rotatable bonds is 6. The quantitative estimate of drug-likeness (QED) is 0.418. The molecule has 1 aliphatic rings. The lowest BCUT2D eigenvalue weighted by molar-refractivity contribution is 0.0645. The lowest BCUT2D eigenvalue weighted by Gasteiger charge is -2.36. The van der Waals surface area contributed by atoms with Crippen molar-refractivity contribution in [2.75, 3.05) is 6.54 Å². The maximum atomic E-state index is 13.7. The highest BCUT2D eigenvalue weighted by molar-refractivity contribution is 5.90. The monoisotopic (exact) mass is 483 g/mol. The van der Waals surface area contributed by atoms with Crippen molar-refractivity contribution in [2.24, 2.45) is 0 Å². The van der Waals surface area contributed by atoms with Crippen LogP contribution in [0.4, 0.5) is 0 Å². The molecule has 1 aliphatic heterocycles. The van der Waals surface area contributed by atoms with E-state index in [1.165, 1.54) is 5.57 Å². The summed E-state index contributed by atoms with van der Waals surface area (Å²) >= 11 is 0. The van der Waals surface area contributed by atoms with Crippen molar-refractivity contribution in [2.45, 2.75) is 46.6 Å². The molecule has 184 valence electrons. The zero-order chi connectivity index (χ0) is 25.2. The predicted octanol–water partition coefficient (Wildman–Crippen LogP) is 4.85. The molecule has 0 saturated heterocycles. The SMILES string of the molecule is CCC(C)=CNC1=C(C)C(c2cc3c(C)cccn3n2)N(C(=O)c2nnc(-c3ccccn3)o2)CC1. The van der Waals surface area contributed by atoms with Crippen molar-refractivity contribution in [1.82, 2.24) is 35.0 Å². The molecule has 1 amide bonds. The van der Waals surface area contributed by atoms with Crippen LogP contribution in [0.25, 0.3) is 17.1 Å². The summed E-state index contributed by atoms with van der Waals surface area (Å²) in [4.78, 5) is 19.7. The summed E-state index contributed by atoms with van der Waals surface area (Å²) in [5, 5.41) is 16.4. The zero-order valence-corrected chi connectivity index (χ0v) is 20.9. The van der Waals surface area contributed by atoms with Gasteiger partial charge in [0.25, 0.3) is 5.89 Å². The summed E-state index contributed by atoms with van der Waals surface area (Å²) in [6.07, 6.45) is 7.25. The second-order valence-corrected chi connectivity index (χ2v) is 9.02. The molecule has 0 fully saturated rings. The van der Waals surface area contributed by atoms with E-state index in [1.807, 2.05) is 42.0 Å². The van der Waals surface area contributed by atoms with E-state index in [-0.39, 0.29) is 23.7 Å². The van der Waals surface area contributed by atoms with Crippen LogP contribution in [0.3, 0.4) is 0 Å². The van der Waals surface area contributed by atoms with Gasteiger partial charge in [-0.25, -0.2) is 4.52 Å². The van der Waals surface area contributed by atoms with Gasteiger partial charge in [-0.3, -0.25) is 9.78 Å². The lowest BCUT2D eigenvalue weighted by atomic mass is 9.95. The smallest absolute Gasteiger partial charge is 0.312 e. The summed E-state index contributed by atoms with van der Waals surface area (Å²) in [5.74, 6) is -0.181. The summed E-state index contributed by atoms with van der Waals surface area (Å²) in [6, 6.07) is 11.1. The van der Waals surface area contributed by atoms with Crippen LogP contribution in [0.2, 0.25) is 0 Å². The first-order valence-corrected chi connectivity index (χ1v) is 12.1. The number of carbonyl (C=O) groups is 1. The number of aryl methyl sites for hydroxylation is 1. The number of aromatic nitrogens is 5.